The summed E-state index contributed by atoms with van der Waals surface area (Å²) in [6, 6.07) is 2.67. The predicted octanol–water partition coefficient (Wildman–Crippen LogP) is 2.32. The largest absolute Gasteiger partial charge is 0.393 e. The number of carbonyl (C=O) groups excluding carboxylic acids is 1. The third-order valence-corrected chi connectivity index (χ3v) is 4.83. The zero-order valence-electron chi connectivity index (χ0n) is 16.5. The van der Waals surface area contributed by atoms with Gasteiger partial charge in [-0.15, -0.1) is 0 Å². The summed E-state index contributed by atoms with van der Waals surface area (Å²) in [6.45, 7) is 0.870. The predicted molar refractivity (Wildman–Crippen MR) is 117 cm³/mol. The summed E-state index contributed by atoms with van der Waals surface area (Å²) in [6.07, 6.45) is 3.06. The van der Waals surface area contributed by atoms with Crippen LogP contribution in [0.4, 0.5) is 11.4 Å². The van der Waals surface area contributed by atoms with Crippen molar-refractivity contribution in [3.63, 3.8) is 0 Å². The highest BCUT2D eigenvalue weighted by Crippen LogP contribution is 2.26. The molecule has 16 heteroatoms. The number of carbonyl (C=O) groups is 1. The minimum atomic E-state index is -0.767. The van der Waals surface area contributed by atoms with E-state index in [4.69, 9.17) is 51.7 Å². The fourth-order valence-electron chi connectivity index (χ4n) is 2.32. The Labute approximate surface area is 196 Å². The maximum Gasteiger partial charge on any atom is 0.328 e. The maximum atomic E-state index is 10.5. The van der Waals surface area contributed by atoms with Crippen LogP contribution in [-0.4, -0.2) is 50.2 Å². The lowest BCUT2D eigenvalue weighted by molar-refractivity contribution is -0.428. The van der Waals surface area contributed by atoms with Crippen molar-refractivity contribution < 1.29 is 14.6 Å². The number of rotatable bonds is 2. The number of nitrogens with zero attached hydrogens (tertiary/aromatic N) is 6. The summed E-state index contributed by atoms with van der Waals surface area (Å²) in [5, 5.41) is 29.4. The second-order valence-electron chi connectivity index (χ2n) is 6.17. The van der Waals surface area contributed by atoms with E-state index >= 15 is 0 Å². The van der Waals surface area contributed by atoms with Gasteiger partial charge in [-0.1, -0.05) is 23.2 Å². The van der Waals surface area contributed by atoms with Crippen molar-refractivity contribution in [3.8, 4) is 6.07 Å². The van der Waals surface area contributed by atoms with Gasteiger partial charge in [0, 0.05) is 43.9 Å². The molecule has 4 N–H and O–H groups in total. The standard InChI is InChI=1S/C6H3ClN4O2.C5H5Cl2N3O2.C5H9NO/c7-5-1-3(9)6(11(12)13)4(2-8)10-5;6-5-1-3(8)4(10(11)12)2-9(5)7;1-6-4-2-3-5(6)7/h1H,(H2,9,10);1H,2,8H2;2-4H2,1H3. The summed E-state index contributed by atoms with van der Waals surface area (Å²) < 4.78 is 1.02. The number of nitrogens with two attached hydrogens (primary N) is 2. The van der Waals surface area contributed by atoms with Crippen LogP contribution >= 0.6 is 35.0 Å². The van der Waals surface area contributed by atoms with Gasteiger partial charge < -0.3 is 16.4 Å². The highest BCUT2D eigenvalue weighted by molar-refractivity contribution is 6.33. The number of hydrogen-bond donors (Lipinski definition) is 2. The van der Waals surface area contributed by atoms with Crippen LogP contribution in [0.2, 0.25) is 5.15 Å². The number of nitrogen functional groups attached to an aromatic ring is 1. The van der Waals surface area contributed by atoms with E-state index in [1.807, 2.05) is 7.05 Å². The lowest BCUT2D eigenvalue weighted by Crippen LogP contribution is -2.24. The van der Waals surface area contributed by atoms with Crippen molar-refractivity contribution in [3.05, 3.63) is 59.8 Å². The quantitative estimate of drug-likeness (QED) is 0.197. The summed E-state index contributed by atoms with van der Waals surface area (Å²) in [7, 11) is 1.84. The molecule has 0 saturated carbocycles. The van der Waals surface area contributed by atoms with E-state index in [1.165, 1.54) is 6.08 Å². The first-order valence-corrected chi connectivity index (χ1v) is 9.66. The van der Waals surface area contributed by atoms with Crippen LogP contribution in [0.1, 0.15) is 18.5 Å². The number of nitro groups is 2. The Bertz CT molecular complexity index is 1020. The molecule has 13 nitrogen and oxygen atoms in total. The topological polar surface area (TPSA) is 199 Å². The maximum absolute atomic E-state index is 10.5. The minimum Gasteiger partial charge on any atom is -0.393 e. The van der Waals surface area contributed by atoms with E-state index < -0.39 is 15.5 Å². The molecule has 0 atom stereocenters. The van der Waals surface area contributed by atoms with Crippen molar-refractivity contribution >= 4 is 52.3 Å². The van der Waals surface area contributed by atoms with Crippen molar-refractivity contribution in [1.82, 2.24) is 14.3 Å². The zero-order chi connectivity index (χ0) is 24.6. The highest BCUT2D eigenvalue weighted by atomic mass is 35.5. The molecular formula is C16H17Cl3N8O5. The fraction of sp³-hybridized carbons (Fsp3) is 0.312. The van der Waals surface area contributed by atoms with Gasteiger partial charge in [0.15, 0.2) is 0 Å². The van der Waals surface area contributed by atoms with Gasteiger partial charge in [-0.05, 0) is 6.42 Å². The van der Waals surface area contributed by atoms with Crippen LogP contribution in [-0.2, 0) is 4.79 Å². The molecule has 3 heterocycles. The van der Waals surface area contributed by atoms with Crippen molar-refractivity contribution in [2.75, 3.05) is 25.9 Å². The lowest BCUT2D eigenvalue weighted by Gasteiger charge is -2.17. The van der Waals surface area contributed by atoms with Crippen molar-refractivity contribution in [2.45, 2.75) is 12.8 Å². The van der Waals surface area contributed by atoms with Crippen LogP contribution in [0.15, 0.2) is 28.7 Å². The Balaban J connectivity index is 0.000000250. The molecule has 0 aliphatic carbocycles. The van der Waals surface area contributed by atoms with Gasteiger partial charge in [0.2, 0.25) is 11.6 Å². The Morgan fingerprint density at radius 2 is 1.88 bits per heavy atom. The minimum absolute atomic E-state index is 0.0420. The average molecular weight is 508 g/mol. The van der Waals surface area contributed by atoms with E-state index in [-0.39, 0.29) is 39.6 Å². The first kappa shape index (κ1) is 26.7. The SMILES string of the molecule is CN1CCCC1=O.N#Cc1nc(Cl)cc(N)c1[N+](=O)[O-].NC1=C([N+](=O)[O-])CN(Cl)C(Cl)=C1. The molecule has 0 radical (unpaired) electrons. The molecule has 2 aliphatic rings. The highest BCUT2D eigenvalue weighted by Gasteiger charge is 2.24. The molecule has 3 rings (SSSR count). The second-order valence-corrected chi connectivity index (χ2v) is 7.35. The molecule has 1 amide bonds. The molecule has 0 spiro atoms. The Morgan fingerprint density at radius 1 is 1.25 bits per heavy atom. The zero-order valence-corrected chi connectivity index (χ0v) is 18.8. The van der Waals surface area contributed by atoms with E-state index in [1.54, 1.807) is 11.0 Å². The number of pyridine rings is 1. The van der Waals surface area contributed by atoms with Gasteiger partial charge in [-0.2, -0.15) is 5.26 Å². The summed E-state index contributed by atoms with van der Waals surface area (Å²) in [4.78, 5) is 35.1. The number of hydrogen-bond acceptors (Lipinski definition) is 10. The summed E-state index contributed by atoms with van der Waals surface area (Å²) in [5.74, 6) is 0.292. The molecular weight excluding hydrogens is 491 g/mol. The molecule has 1 aromatic heterocycles. The van der Waals surface area contributed by atoms with E-state index in [2.05, 4.69) is 4.98 Å². The molecule has 1 saturated heterocycles. The Morgan fingerprint density at radius 3 is 2.28 bits per heavy atom. The van der Waals surface area contributed by atoms with E-state index in [0.717, 1.165) is 29.9 Å². The van der Waals surface area contributed by atoms with Crippen LogP contribution in [0, 0.1) is 31.6 Å². The molecule has 172 valence electrons. The number of allylic oxidation sites excluding steroid dienone is 1. The number of aromatic nitrogens is 1. The van der Waals surface area contributed by atoms with Gasteiger partial charge in [-0.25, -0.2) is 4.98 Å². The fourth-order valence-corrected chi connectivity index (χ4v) is 2.86. The monoisotopic (exact) mass is 506 g/mol. The smallest absolute Gasteiger partial charge is 0.328 e. The lowest BCUT2D eigenvalue weighted by atomic mass is 10.3. The third-order valence-electron chi connectivity index (χ3n) is 3.94. The summed E-state index contributed by atoms with van der Waals surface area (Å²) in [5.41, 5.74) is 9.45. The Hall–Kier alpha value is -3.34. The average Bonchev–Trinajstić information content (AvgIpc) is 3.07. The normalized spacial score (nSPS) is 15.1. The van der Waals surface area contributed by atoms with Crippen LogP contribution in [0.5, 0.6) is 0 Å². The Kier molecular flexibility index (Phi) is 9.92. The molecule has 0 aromatic carbocycles. The number of likely N-dealkylation sites (tertiary alicyclic amines) is 1. The first-order chi connectivity index (χ1) is 14.9. The van der Waals surface area contributed by atoms with E-state index in [0.29, 0.717) is 5.91 Å². The van der Waals surface area contributed by atoms with Gasteiger partial charge in [-0.3, -0.25) is 29.4 Å². The number of nitriles is 1. The van der Waals surface area contributed by atoms with Crippen molar-refractivity contribution in [1.29, 1.82) is 5.26 Å². The summed E-state index contributed by atoms with van der Waals surface area (Å²) >= 11 is 16.5. The first-order valence-electron chi connectivity index (χ1n) is 8.57. The van der Waals surface area contributed by atoms with Crippen LogP contribution in [0.25, 0.3) is 0 Å². The third kappa shape index (κ3) is 7.41. The van der Waals surface area contributed by atoms with Gasteiger partial charge >= 0.3 is 5.69 Å². The molecule has 1 fully saturated rings. The molecule has 0 bridgehead atoms. The van der Waals surface area contributed by atoms with Gasteiger partial charge in [0.1, 0.15) is 34.3 Å². The van der Waals surface area contributed by atoms with Gasteiger partial charge in [0.25, 0.3) is 5.70 Å². The van der Waals surface area contributed by atoms with Crippen LogP contribution < -0.4 is 11.5 Å². The second kappa shape index (κ2) is 11.9. The number of anilines is 1. The molecule has 1 aromatic rings. The molecule has 2 aliphatic heterocycles. The molecule has 32 heavy (non-hydrogen) atoms. The number of halogens is 3. The van der Waals surface area contributed by atoms with Crippen LogP contribution in [0.3, 0.4) is 0 Å². The molecule has 0 unspecified atom stereocenters. The van der Waals surface area contributed by atoms with E-state index in [9.17, 15) is 25.0 Å². The van der Waals surface area contributed by atoms with Crippen molar-refractivity contribution in [2.24, 2.45) is 5.73 Å². The van der Waals surface area contributed by atoms with Gasteiger partial charge in [0.05, 0.1) is 9.85 Å². The number of amides is 1.